The van der Waals surface area contributed by atoms with Crippen molar-refractivity contribution in [2.24, 2.45) is 5.92 Å². The van der Waals surface area contributed by atoms with Crippen molar-refractivity contribution in [3.63, 3.8) is 0 Å². The number of thioether (sulfide) groups is 1. The van der Waals surface area contributed by atoms with Crippen molar-refractivity contribution < 1.29 is 19.0 Å². The average Bonchev–Trinajstić information content (AvgIpc) is 3.35. The minimum Gasteiger partial charge on any atom is -0.344 e. The van der Waals surface area contributed by atoms with E-state index in [4.69, 9.17) is 0 Å². The lowest BCUT2D eigenvalue weighted by atomic mass is 9.88. The number of nitrogens with zero attached hydrogens (tertiary/aromatic N) is 1. The van der Waals surface area contributed by atoms with Crippen LogP contribution in [-0.2, 0) is 14.2 Å². The number of hydrogen-bond acceptors (Lipinski definition) is 4. The molecule has 210 valence electrons. The highest BCUT2D eigenvalue weighted by molar-refractivity contribution is 8.05. The van der Waals surface area contributed by atoms with Gasteiger partial charge in [0.15, 0.2) is 0 Å². The average molecular weight is 585 g/mol. The number of carbonyl (C=O) groups excluding carboxylic acids is 2. The molecule has 0 spiro atoms. The van der Waals surface area contributed by atoms with Crippen molar-refractivity contribution in [3.8, 4) is 0 Å². The maximum Gasteiger partial charge on any atom is 0.260 e. The normalized spacial score (nSPS) is 22.8. The van der Waals surface area contributed by atoms with Crippen LogP contribution in [0.25, 0.3) is 10.8 Å². The third kappa shape index (κ3) is 5.72. The van der Waals surface area contributed by atoms with Crippen molar-refractivity contribution in [1.29, 1.82) is 0 Å². The fraction of sp³-hybridized carbons (Fsp3) is 0.273. The zero-order valence-corrected chi connectivity index (χ0v) is 24.6. The van der Waals surface area contributed by atoms with Gasteiger partial charge in [-0.2, -0.15) is 0 Å². The Balaban J connectivity index is 1.31. The summed E-state index contributed by atoms with van der Waals surface area (Å²) in [5.41, 5.74) is 0.953. The first kappa shape index (κ1) is 27.8. The van der Waals surface area contributed by atoms with Crippen molar-refractivity contribution in [2.75, 3.05) is 25.1 Å². The van der Waals surface area contributed by atoms with Gasteiger partial charge in [-0.05, 0) is 52.8 Å². The van der Waals surface area contributed by atoms with E-state index in [1.165, 1.54) is 24.0 Å². The second kappa shape index (κ2) is 11.5. The Morgan fingerprint density at radius 1 is 0.951 bits per heavy atom. The molecule has 41 heavy (non-hydrogen) atoms. The molecular weight excluding hydrogens is 551 g/mol. The molecule has 1 fully saturated rings. The lowest BCUT2D eigenvalue weighted by molar-refractivity contribution is -0.127. The lowest BCUT2D eigenvalue weighted by Crippen LogP contribution is -2.39. The molecule has 0 bridgehead atoms. The van der Waals surface area contributed by atoms with E-state index >= 15 is 0 Å². The Morgan fingerprint density at radius 3 is 2.37 bits per heavy atom. The van der Waals surface area contributed by atoms with Crippen LogP contribution < -0.4 is 5.32 Å². The van der Waals surface area contributed by atoms with E-state index in [9.17, 15) is 19.0 Å². The van der Waals surface area contributed by atoms with Crippen LogP contribution in [0.3, 0.4) is 0 Å². The number of carbonyl (C=O) groups is 2. The molecular formula is C33H33N2O4PS. The minimum atomic E-state index is -4.01. The topological polar surface area (TPSA) is 86.7 Å². The first-order valence-electron chi connectivity index (χ1n) is 14.0. The number of rotatable bonds is 6. The zero-order chi connectivity index (χ0) is 28.6. The number of fused-ring (bicyclic) bond motifs is 2. The largest absolute Gasteiger partial charge is 0.344 e. The molecule has 3 aliphatic rings. The molecule has 0 aromatic heterocycles. The fourth-order valence-corrected chi connectivity index (χ4v) is 9.04. The Morgan fingerprint density at radius 2 is 1.63 bits per heavy atom. The molecule has 3 aromatic rings. The van der Waals surface area contributed by atoms with Crippen LogP contribution in [-0.4, -0.2) is 52.3 Å². The summed E-state index contributed by atoms with van der Waals surface area (Å²) in [4.78, 5) is 41.2. The van der Waals surface area contributed by atoms with E-state index in [1.807, 2.05) is 83.8 Å². The highest BCUT2D eigenvalue weighted by atomic mass is 32.2. The summed E-state index contributed by atoms with van der Waals surface area (Å²) in [5, 5.41) is 4.78. The number of allylic oxidation sites excluding steroid dienone is 3. The van der Waals surface area contributed by atoms with E-state index in [0.717, 1.165) is 23.6 Å². The molecule has 3 aromatic carbocycles. The Labute approximate surface area is 244 Å². The second-order valence-electron chi connectivity index (χ2n) is 11.0. The second-order valence-corrected chi connectivity index (χ2v) is 14.6. The van der Waals surface area contributed by atoms with Gasteiger partial charge >= 0.3 is 0 Å². The summed E-state index contributed by atoms with van der Waals surface area (Å²) in [7, 11) is -4.01. The van der Waals surface area contributed by atoms with Crippen LogP contribution in [0.15, 0.2) is 108 Å². The number of benzene rings is 3. The molecule has 0 saturated carbocycles. The van der Waals surface area contributed by atoms with Crippen LogP contribution in [0.1, 0.15) is 24.3 Å². The fourth-order valence-electron chi connectivity index (χ4n) is 6.20. The summed E-state index contributed by atoms with van der Waals surface area (Å²) < 4.78 is 13.4. The summed E-state index contributed by atoms with van der Waals surface area (Å²) in [6, 6.07) is 23.8. The van der Waals surface area contributed by atoms with Gasteiger partial charge < -0.3 is 15.1 Å². The van der Waals surface area contributed by atoms with Gasteiger partial charge in [0.1, 0.15) is 5.66 Å². The number of amides is 2. The Kier molecular flexibility index (Phi) is 7.78. The number of anilines is 1. The summed E-state index contributed by atoms with van der Waals surface area (Å²) in [6.45, 7) is 2.43. The maximum atomic E-state index is 14.1. The first-order chi connectivity index (χ1) is 19.8. The van der Waals surface area contributed by atoms with E-state index in [-0.39, 0.29) is 17.1 Å². The summed E-state index contributed by atoms with van der Waals surface area (Å²) >= 11 is 1.41. The molecule has 6 rings (SSSR count). The zero-order valence-electron chi connectivity index (χ0n) is 22.9. The predicted octanol–water partition coefficient (Wildman–Crippen LogP) is 6.57. The highest BCUT2D eigenvalue weighted by Gasteiger charge is 2.48. The highest BCUT2D eigenvalue weighted by Crippen LogP contribution is 2.56. The van der Waals surface area contributed by atoms with E-state index in [2.05, 4.69) is 17.4 Å². The van der Waals surface area contributed by atoms with Gasteiger partial charge in [0.25, 0.3) is 5.91 Å². The van der Waals surface area contributed by atoms with Gasteiger partial charge in [0.05, 0.1) is 4.91 Å². The van der Waals surface area contributed by atoms with Crippen LogP contribution in [0.4, 0.5) is 5.69 Å². The van der Waals surface area contributed by atoms with Gasteiger partial charge in [0.2, 0.25) is 13.3 Å². The van der Waals surface area contributed by atoms with Crippen LogP contribution in [0.2, 0.25) is 0 Å². The molecule has 4 unspecified atom stereocenters. The standard InChI is InChI=1S/C33H33N2O4PS/c1-40(38,39)30(32(36)34-26-16-15-23-11-5-6-12-25(23)21-26)29-27-13-7-8-14-28(27)41-31(29)33(37)35-19-17-24(18-20-35)22-9-3-2-4-10-22/h2-16,21,24,27-28,30H,17-20H2,1H3,(H,34,36)(H,38,39). The Bertz CT molecular complexity index is 1620. The Hall–Kier alpha value is -3.38. The SMILES string of the molecule is CP(=O)(O)C(C(=O)Nc1ccc2ccccc2c1)C1=C(C(=O)N2CCC(c3ccccc3)CC2)SC2C=CC=CC12. The van der Waals surface area contributed by atoms with Crippen molar-refractivity contribution >= 4 is 47.4 Å². The number of likely N-dealkylation sites (tertiary alicyclic amines) is 1. The van der Waals surface area contributed by atoms with Crippen LogP contribution >= 0.6 is 19.1 Å². The van der Waals surface area contributed by atoms with Crippen molar-refractivity contribution in [2.45, 2.75) is 29.7 Å². The summed E-state index contributed by atoms with van der Waals surface area (Å²) in [5.74, 6) is -0.628. The number of hydrogen-bond donors (Lipinski definition) is 2. The van der Waals surface area contributed by atoms with Crippen LogP contribution in [0.5, 0.6) is 0 Å². The molecule has 0 radical (unpaired) electrons. The van der Waals surface area contributed by atoms with Gasteiger partial charge in [-0.25, -0.2) is 0 Å². The molecule has 6 nitrogen and oxygen atoms in total. The quantitative estimate of drug-likeness (QED) is 0.320. The molecule has 8 heteroatoms. The molecule has 2 N–H and O–H groups in total. The molecule has 1 saturated heterocycles. The molecule has 2 heterocycles. The lowest BCUT2D eigenvalue weighted by Gasteiger charge is -2.33. The van der Waals surface area contributed by atoms with E-state index in [1.54, 1.807) is 6.07 Å². The van der Waals surface area contributed by atoms with Gasteiger partial charge in [-0.1, -0.05) is 85.0 Å². The van der Waals surface area contributed by atoms with Gasteiger partial charge in [-0.3, -0.25) is 14.2 Å². The van der Waals surface area contributed by atoms with Gasteiger partial charge in [-0.15, -0.1) is 11.8 Å². The molecule has 2 aliphatic heterocycles. The molecule has 4 atom stereocenters. The molecule has 1 aliphatic carbocycles. The number of nitrogens with one attached hydrogen (secondary N) is 1. The smallest absolute Gasteiger partial charge is 0.260 e. The number of piperidine rings is 1. The monoisotopic (exact) mass is 584 g/mol. The van der Waals surface area contributed by atoms with E-state index in [0.29, 0.717) is 35.2 Å². The third-order valence-corrected chi connectivity index (χ3v) is 11.1. The van der Waals surface area contributed by atoms with Gasteiger partial charge in [0, 0.05) is 36.6 Å². The summed E-state index contributed by atoms with van der Waals surface area (Å²) in [6.07, 6.45) is 9.48. The third-order valence-electron chi connectivity index (χ3n) is 8.25. The van der Waals surface area contributed by atoms with Crippen LogP contribution in [0, 0.1) is 5.92 Å². The maximum absolute atomic E-state index is 14.1. The first-order valence-corrected chi connectivity index (χ1v) is 17.0. The minimum absolute atomic E-state index is 0.0988. The van der Waals surface area contributed by atoms with E-state index < -0.39 is 18.9 Å². The molecule has 2 amide bonds. The predicted molar refractivity (Wildman–Crippen MR) is 167 cm³/mol. The van der Waals surface area contributed by atoms with Crippen molar-refractivity contribution in [3.05, 3.63) is 113 Å². The van der Waals surface area contributed by atoms with Crippen molar-refractivity contribution in [1.82, 2.24) is 4.90 Å².